The van der Waals surface area contributed by atoms with Crippen molar-refractivity contribution in [1.29, 1.82) is 0 Å². The van der Waals surface area contributed by atoms with Crippen molar-refractivity contribution in [3.05, 3.63) is 0 Å². The summed E-state index contributed by atoms with van der Waals surface area (Å²) in [6, 6.07) is 0. The molecule has 0 fully saturated rings. The van der Waals surface area contributed by atoms with Crippen molar-refractivity contribution in [2.45, 2.75) is 60.9 Å². The van der Waals surface area contributed by atoms with Gasteiger partial charge < -0.3 is 4.90 Å². The Morgan fingerprint density at radius 1 is 0.857 bits per heavy atom. The van der Waals surface area contributed by atoms with Gasteiger partial charge in [-0.15, -0.1) is 0 Å². The molecule has 0 amide bonds. The van der Waals surface area contributed by atoms with E-state index in [1.165, 1.54) is 0 Å². The summed E-state index contributed by atoms with van der Waals surface area (Å²) in [6.45, 7) is 19.8. The largest absolute Gasteiger partial charge is 0.301 e. The zero-order valence-electron chi connectivity index (χ0n) is 11.7. The van der Waals surface area contributed by atoms with E-state index in [4.69, 9.17) is 0 Å². The molecule has 0 aromatic rings. The molecule has 0 bridgehead atoms. The molecule has 1 nitrogen and oxygen atoms in total. The highest BCUT2D eigenvalue weighted by molar-refractivity contribution is 5.00. The van der Waals surface area contributed by atoms with Crippen molar-refractivity contribution >= 4 is 0 Å². The average Bonchev–Trinajstić information content (AvgIpc) is 2.00. The van der Waals surface area contributed by atoms with E-state index in [9.17, 15) is 0 Å². The first-order chi connectivity index (χ1) is 5.98. The van der Waals surface area contributed by atoms with Crippen LogP contribution in [0.2, 0.25) is 0 Å². The van der Waals surface area contributed by atoms with Gasteiger partial charge in [0.2, 0.25) is 0 Å². The van der Waals surface area contributed by atoms with Crippen LogP contribution in [-0.4, -0.2) is 24.0 Å². The lowest BCUT2D eigenvalue weighted by Crippen LogP contribution is -2.57. The van der Waals surface area contributed by atoms with Crippen LogP contribution in [0.5, 0.6) is 0 Å². The van der Waals surface area contributed by atoms with E-state index in [0.717, 1.165) is 6.54 Å². The molecule has 0 aromatic carbocycles. The molecule has 0 spiro atoms. The predicted octanol–water partition coefficient (Wildman–Crippen LogP) is 3.79. The van der Waals surface area contributed by atoms with Gasteiger partial charge in [-0.25, -0.2) is 0 Å². The summed E-state index contributed by atoms with van der Waals surface area (Å²) in [5, 5.41) is 0. The van der Waals surface area contributed by atoms with Gasteiger partial charge >= 0.3 is 0 Å². The number of hydrogen-bond acceptors (Lipinski definition) is 1. The highest BCUT2D eigenvalue weighted by Crippen LogP contribution is 2.48. The quantitative estimate of drug-likeness (QED) is 0.668. The molecule has 0 N–H and O–H groups in total. The molecular weight excluding hydrogens is 170 g/mol. The summed E-state index contributed by atoms with van der Waals surface area (Å²) in [4.78, 5) is 2.44. The minimum Gasteiger partial charge on any atom is -0.301 e. The Labute approximate surface area is 90.9 Å². The fraction of sp³-hybridized carbons (Fsp3) is 1.00. The third-order valence-electron chi connectivity index (χ3n) is 4.83. The van der Waals surface area contributed by atoms with E-state index in [2.05, 4.69) is 67.3 Å². The predicted molar refractivity (Wildman–Crippen MR) is 65.6 cm³/mol. The summed E-state index contributed by atoms with van der Waals surface area (Å²) >= 11 is 0. The van der Waals surface area contributed by atoms with E-state index in [0.29, 0.717) is 5.41 Å². The standard InChI is InChI=1S/C13H29N/c1-10-14(9)13(7,8)12(5,6)11(2,3)4/h10H2,1-9H3. The van der Waals surface area contributed by atoms with Crippen LogP contribution < -0.4 is 0 Å². The highest BCUT2D eigenvalue weighted by atomic mass is 15.2. The van der Waals surface area contributed by atoms with Gasteiger partial charge in [-0.3, -0.25) is 0 Å². The van der Waals surface area contributed by atoms with Gasteiger partial charge in [-0.2, -0.15) is 0 Å². The first-order valence-corrected chi connectivity index (χ1v) is 5.69. The molecular formula is C13H29N. The van der Waals surface area contributed by atoms with Crippen LogP contribution in [0.4, 0.5) is 0 Å². The van der Waals surface area contributed by atoms with Crippen LogP contribution in [0.15, 0.2) is 0 Å². The summed E-state index contributed by atoms with van der Waals surface area (Å²) in [6.07, 6.45) is 0. The van der Waals surface area contributed by atoms with Gasteiger partial charge in [0, 0.05) is 5.54 Å². The van der Waals surface area contributed by atoms with Gasteiger partial charge in [0.25, 0.3) is 0 Å². The molecule has 0 saturated heterocycles. The molecule has 0 rings (SSSR count). The molecule has 0 saturated carbocycles. The van der Waals surface area contributed by atoms with Crippen molar-refractivity contribution in [1.82, 2.24) is 4.90 Å². The zero-order valence-corrected chi connectivity index (χ0v) is 11.7. The molecule has 0 aliphatic rings. The zero-order chi connectivity index (χ0) is 11.8. The Kier molecular flexibility index (Phi) is 3.83. The lowest BCUT2D eigenvalue weighted by Gasteiger charge is -2.54. The fourth-order valence-corrected chi connectivity index (χ4v) is 1.79. The van der Waals surface area contributed by atoms with Crippen LogP contribution in [0.1, 0.15) is 55.4 Å². The number of nitrogens with zero attached hydrogens (tertiary/aromatic N) is 1. The summed E-state index contributed by atoms with van der Waals surface area (Å²) in [5.41, 5.74) is 0.824. The van der Waals surface area contributed by atoms with Gasteiger partial charge in [-0.1, -0.05) is 41.5 Å². The van der Waals surface area contributed by atoms with Gasteiger partial charge in [0.1, 0.15) is 0 Å². The molecule has 0 aliphatic carbocycles. The maximum absolute atomic E-state index is 2.44. The van der Waals surface area contributed by atoms with Crippen molar-refractivity contribution in [2.75, 3.05) is 13.6 Å². The van der Waals surface area contributed by atoms with Gasteiger partial charge in [0.15, 0.2) is 0 Å². The minimum absolute atomic E-state index is 0.222. The summed E-state index contributed by atoms with van der Waals surface area (Å²) in [5.74, 6) is 0. The fourth-order valence-electron chi connectivity index (χ4n) is 1.79. The Bertz CT molecular complexity index is 184. The smallest absolute Gasteiger partial charge is 0.0206 e. The van der Waals surface area contributed by atoms with Crippen molar-refractivity contribution in [3.63, 3.8) is 0 Å². The first-order valence-electron chi connectivity index (χ1n) is 5.69. The lowest BCUT2D eigenvalue weighted by molar-refractivity contribution is -0.0417. The molecule has 0 aromatic heterocycles. The van der Waals surface area contributed by atoms with Gasteiger partial charge in [-0.05, 0) is 38.3 Å². The molecule has 0 heterocycles. The van der Waals surface area contributed by atoms with E-state index >= 15 is 0 Å². The summed E-state index contributed by atoms with van der Waals surface area (Å²) in [7, 11) is 2.22. The third kappa shape index (κ3) is 2.13. The van der Waals surface area contributed by atoms with Crippen molar-refractivity contribution in [2.24, 2.45) is 10.8 Å². The molecule has 0 unspecified atom stereocenters. The van der Waals surface area contributed by atoms with E-state index in [1.807, 2.05) is 0 Å². The second-order valence-electron chi connectivity index (χ2n) is 6.45. The Balaban J connectivity index is 5.07. The van der Waals surface area contributed by atoms with Crippen LogP contribution in [-0.2, 0) is 0 Å². The maximum Gasteiger partial charge on any atom is 0.0206 e. The van der Waals surface area contributed by atoms with Crippen LogP contribution in [0.25, 0.3) is 0 Å². The first kappa shape index (κ1) is 14.0. The number of rotatable bonds is 3. The summed E-state index contributed by atoms with van der Waals surface area (Å²) < 4.78 is 0. The monoisotopic (exact) mass is 199 g/mol. The maximum atomic E-state index is 2.44. The Morgan fingerprint density at radius 3 is 1.43 bits per heavy atom. The Morgan fingerprint density at radius 2 is 1.21 bits per heavy atom. The van der Waals surface area contributed by atoms with E-state index in [1.54, 1.807) is 0 Å². The lowest BCUT2D eigenvalue weighted by atomic mass is 9.59. The van der Waals surface area contributed by atoms with Crippen molar-refractivity contribution in [3.8, 4) is 0 Å². The van der Waals surface area contributed by atoms with Gasteiger partial charge in [0.05, 0.1) is 0 Å². The van der Waals surface area contributed by atoms with Crippen LogP contribution in [0.3, 0.4) is 0 Å². The van der Waals surface area contributed by atoms with Crippen LogP contribution >= 0.6 is 0 Å². The normalized spacial score (nSPS) is 15.0. The molecule has 0 atom stereocenters. The van der Waals surface area contributed by atoms with E-state index < -0.39 is 0 Å². The van der Waals surface area contributed by atoms with E-state index in [-0.39, 0.29) is 11.0 Å². The molecule has 86 valence electrons. The minimum atomic E-state index is 0.222. The topological polar surface area (TPSA) is 3.24 Å². The second-order valence-corrected chi connectivity index (χ2v) is 6.45. The molecule has 0 aliphatic heterocycles. The molecule has 14 heavy (non-hydrogen) atoms. The molecule has 0 radical (unpaired) electrons. The highest BCUT2D eigenvalue weighted by Gasteiger charge is 2.47. The third-order valence-corrected chi connectivity index (χ3v) is 4.83. The number of hydrogen-bond donors (Lipinski definition) is 0. The molecule has 1 heteroatoms. The Hall–Kier alpha value is -0.0400. The second kappa shape index (κ2) is 3.84. The average molecular weight is 199 g/mol. The van der Waals surface area contributed by atoms with Crippen LogP contribution in [0, 0.1) is 10.8 Å². The SMILES string of the molecule is CCN(C)C(C)(C)C(C)(C)C(C)(C)C. The van der Waals surface area contributed by atoms with Crippen molar-refractivity contribution < 1.29 is 0 Å².